The molecule has 6 heteroatoms. The Balaban J connectivity index is 2.20. The van der Waals surface area contributed by atoms with Crippen molar-refractivity contribution in [1.29, 1.82) is 0 Å². The molecule has 0 spiro atoms. The maximum Gasteiger partial charge on any atom is 0.305 e. The summed E-state index contributed by atoms with van der Waals surface area (Å²) in [5, 5.41) is 12.0. The van der Waals surface area contributed by atoms with Crippen LogP contribution in [0.15, 0.2) is 47.1 Å². The molecule has 0 saturated carbocycles. The Labute approximate surface area is 120 Å². The van der Waals surface area contributed by atoms with Crippen LogP contribution in [-0.4, -0.2) is 17.0 Å². The number of carbonyl (C=O) groups is 2. The molecule has 1 aromatic heterocycles. The number of furan rings is 1. The number of rotatable bonds is 5. The SMILES string of the molecule is O=C(O)CC(NC(=O)c1ccco1)c1cccc(Cl)c1. The second kappa shape index (κ2) is 6.25. The lowest BCUT2D eigenvalue weighted by Crippen LogP contribution is -2.29. The van der Waals surface area contributed by atoms with Gasteiger partial charge >= 0.3 is 5.97 Å². The maximum absolute atomic E-state index is 11.9. The maximum atomic E-state index is 11.9. The van der Waals surface area contributed by atoms with Gasteiger partial charge in [0.15, 0.2) is 5.76 Å². The van der Waals surface area contributed by atoms with E-state index in [9.17, 15) is 9.59 Å². The molecule has 0 aliphatic heterocycles. The van der Waals surface area contributed by atoms with Gasteiger partial charge in [-0.1, -0.05) is 23.7 Å². The van der Waals surface area contributed by atoms with Gasteiger partial charge in [0.25, 0.3) is 5.91 Å². The molecule has 2 N–H and O–H groups in total. The van der Waals surface area contributed by atoms with E-state index in [-0.39, 0.29) is 12.2 Å². The van der Waals surface area contributed by atoms with Crippen LogP contribution in [0.2, 0.25) is 5.02 Å². The minimum atomic E-state index is -1.02. The summed E-state index contributed by atoms with van der Waals surface area (Å²) in [5.74, 6) is -1.36. The molecule has 1 amide bonds. The zero-order chi connectivity index (χ0) is 14.5. The summed E-state index contributed by atoms with van der Waals surface area (Å²) in [5.41, 5.74) is 0.625. The van der Waals surface area contributed by atoms with Gasteiger partial charge in [-0.05, 0) is 29.8 Å². The second-order valence-electron chi connectivity index (χ2n) is 4.16. The molecule has 0 fully saturated rings. The number of amides is 1. The molecule has 0 radical (unpaired) electrons. The number of carboxylic acids is 1. The molecule has 1 heterocycles. The normalized spacial score (nSPS) is 11.8. The molecule has 0 aliphatic rings. The van der Waals surface area contributed by atoms with E-state index in [1.807, 2.05) is 0 Å². The fourth-order valence-electron chi connectivity index (χ4n) is 1.79. The molecule has 5 nitrogen and oxygen atoms in total. The third-order valence-electron chi connectivity index (χ3n) is 2.68. The van der Waals surface area contributed by atoms with Crippen LogP contribution in [0, 0.1) is 0 Å². The summed E-state index contributed by atoms with van der Waals surface area (Å²) in [6.07, 6.45) is 1.13. The minimum absolute atomic E-state index is 0.127. The van der Waals surface area contributed by atoms with Gasteiger partial charge in [0.05, 0.1) is 18.7 Å². The molecule has 2 rings (SSSR count). The number of carboxylic acid groups (broad SMARTS) is 1. The topological polar surface area (TPSA) is 79.5 Å². The van der Waals surface area contributed by atoms with Crippen LogP contribution in [-0.2, 0) is 4.79 Å². The predicted octanol–water partition coefficient (Wildman–Crippen LogP) is 2.88. The summed E-state index contributed by atoms with van der Waals surface area (Å²) in [6, 6.07) is 9.12. The van der Waals surface area contributed by atoms with Crippen molar-refractivity contribution in [2.24, 2.45) is 0 Å². The number of hydrogen-bond donors (Lipinski definition) is 2. The number of hydrogen-bond acceptors (Lipinski definition) is 3. The lowest BCUT2D eigenvalue weighted by Gasteiger charge is -2.17. The van der Waals surface area contributed by atoms with E-state index in [2.05, 4.69) is 5.32 Å². The highest BCUT2D eigenvalue weighted by molar-refractivity contribution is 6.30. The van der Waals surface area contributed by atoms with Crippen molar-refractivity contribution in [3.8, 4) is 0 Å². The van der Waals surface area contributed by atoms with Crippen LogP contribution in [0.1, 0.15) is 28.6 Å². The minimum Gasteiger partial charge on any atom is -0.481 e. The number of benzene rings is 1. The Morgan fingerprint density at radius 3 is 2.70 bits per heavy atom. The summed E-state index contributed by atoms with van der Waals surface area (Å²) in [7, 11) is 0. The van der Waals surface area contributed by atoms with E-state index in [1.165, 1.54) is 12.3 Å². The Kier molecular flexibility index (Phi) is 4.42. The van der Waals surface area contributed by atoms with Gasteiger partial charge in [-0.25, -0.2) is 0 Å². The zero-order valence-electron chi connectivity index (χ0n) is 10.4. The molecule has 1 atom stereocenters. The molecule has 0 aliphatic carbocycles. The summed E-state index contributed by atoms with van der Waals surface area (Å²) >= 11 is 5.88. The van der Waals surface area contributed by atoms with Crippen molar-refractivity contribution < 1.29 is 19.1 Å². The highest BCUT2D eigenvalue weighted by atomic mass is 35.5. The Morgan fingerprint density at radius 1 is 1.30 bits per heavy atom. The van der Waals surface area contributed by atoms with E-state index in [1.54, 1.807) is 30.3 Å². The van der Waals surface area contributed by atoms with Crippen LogP contribution in [0.25, 0.3) is 0 Å². The number of aliphatic carboxylic acids is 1. The summed E-state index contributed by atoms with van der Waals surface area (Å²) < 4.78 is 4.98. The Morgan fingerprint density at radius 2 is 2.10 bits per heavy atom. The molecular weight excluding hydrogens is 282 g/mol. The first-order valence-corrected chi connectivity index (χ1v) is 6.25. The van der Waals surface area contributed by atoms with Gasteiger partial charge in [-0.15, -0.1) is 0 Å². The quantitative estimate of drug-likeness (QED) is 0.888. The van der Waals surface area contributed by atoms with Gasteiger partial charge in [0, 0.05) is 5.02 Å². The first-order valence-electron chi connectivity index (χ1n) is 5.88. The summed E-state index contributed by atoms with van der Waals surface area (Å²) in [6.45, 7) is 0. The first kappa shape index (κ1) is 14.1. The van der Waals surface area contributed by atoms with Gasteiger partial charge in [-0.2, -0.15) is 0 Å². The smallest absolute Gasteiger partial charge is 0.305 e. The number of carbonyl (C=O) groups excluding carboxylic acids is 1. The second-order valence-corrected chi connectivity index (χ2v) is 4.59. The largest absolute Gasteiger partial charge is 0.481 e. The van der Waals surface area contributed by atoms with E-state index >= 15 is 0 Å². The first-order chi connectivity index (χ1) is 9.56. The molecule has 104 valence electrons. The molecule has 1 aromatic carbocycles. The van der Waals surface area contributed by atoms with Crippen molar-refractivity contribution in [3.63, 3.8) is 0 Å². The third-order valence-corrected chi connectivity index (χ3v) is 2.92. The van der Waals surface area contributed by atoms with E-state index in [4.69, 9.17) is 21.1 Å². The van der Waals surface area contributed by atoms with E-state index < -0.39 is 17.9 Å². The highest BCUT2D eigenvalue weighted by Crippen LogP contribution is 2.21. The van der Waals surface area contributed by atoms with Gasteiger partial charge in [0.1, 0.15) is 0 Å². The lowest BCUT2D eigenvalue weighted by molar-refractivity contribution is -0.137. The third kappa shape index (κ3) is 3.61. The molecule has 2 aromatic rings. The monoisotopic (exact) mass is 293 g/mol. The number of halogens is 1. The van der Waals surface area contributed by atoms with Crippen LogP contribution >= 0.6 is 11.6 Å². The zero-order valence-corrected chi connectivity index (χ0v) is 11.1. The lowest BCUT2D eigenvalue weighted by atomic mass is 10.0. The van der Waals surface area contributed by atoms with Crippen LogP contribution in [0.4, 0.5) is 0 Å². The fourth-order valence-corrected chi connectivity index (χ4v) is 1.99. The van der Waals surface area contributed by atoms with Crippen molar-refractivity contribution in [2.75, 3.05) is 0 Å². The van der Waals surface area contributed by atoms with Crippen molar-refractivity contribution in [1.82, 2.24) is 5.32 Å². The molecule has 1 unspecified atom stereocenters. The predicted molar refractivity (Wildman–Crippen MR) is 72.6 cm³/mol. The van der Waals surface area contributed by atoms with Crippen LogP contribution < -0.4 is 5.32 Å². The molecular formula is C14H12ClNO4. The Bertz CT molecular complexity index is 609. The van der Waals surface area contributed by atoms with E-state index in [0.29, 0.717) is 10.6 Å². The highest BCUT2D eigenvalue weighted by Gasteiger charge is 2.20. The van der Waals surface area contributed by atoms with Gasteiger partial charge in [-0.3, -0.25) is 9.59 Å². The van der Waals surface area contributed by atoms with Crippen molar-refractivity contribution in [3.05, 3.63) is 59.0 Å². The average molecular weight is 294 g/mol. The fraction of sp³-hybridized carbons (Fsp3) is 0.143. The van der Waals surface area contributed by atoms with Crippen LogP contribution in [0.5, 0.6) is 0 Å². The Hall–Kier alpha value is -2.27. The van der Waals surface area contributed by atoms with Crippen LogP contribution in [0.3, 0.4) is 0 Å². The molecule has 0 bridgehead atoms. The van der Waals surface area contributed by atoms with Gasteiger partial charge < -0.3 is 14.8 Å². The summed E-state index contributed by atoms with van der Waals surface area (Å²) in [4.78, 5) is 22.9. The molecule has 0 saturated heterocycles. The average Bonchev–Trinajstić information content (AvgIpc) is 2.91. The molecule has 20 heavy (non-hydrogen) atoms. The van der Waals surface area contributed by atoms with Crippen molar-refractivity contribution >= 4 is 23.5 Å². The standard InChI is InChI=1S/C14H12ClNO4/c15-10-4-1-3-9(7-10)11(8-13(17)18)16-14(19)12-5-2-6-20-12/h1-7,11H,8H2,(H,16,19)(H,17,18). The van der Waals surface area contributed by atoms with Crippen molar-refractivity contribution in [2.45, 2.75) is 12.5 Å². The number of nitrogens with one attached hydrogen (secondary N) is 1. The van der Waals surface area contributed by atoms with E-state index in [0.717, 1.165) is 0 Å². The van der Waals surface area contributed by atoms with Gasteiger partial charge in [0.2, 0.25) is 0 Å².